The molecule has 7 N–H and O–H groups in total. The van der Waals surface area contributed by atoms with Gasteiger partial charge in [0, 0.05) is 16.9 Å². The summed E-state index contributed by atoms with van der Waals surface area (Å²) < 4.78 is 5.88. The highest BCUT2D eigenvalue weighted by Gasteiger charge is 2.67. The SMILES string of the molecule is C[C@@H]1c2ccc(-c3cc4ccccc4o3)c(O)c2C(=O)C2=C(O)[C@@]3(O)C(=O)C(C(N)=O)=C(O)[C@H](N(C)C)[C@H]3[C@H](O)[C@@H]21. The molecule has 212 valence electrons. The summed E-state index contributed by atoms with van der Waals surface area (Å²) >= 11 is 0. The zero-order chi connectivity index (χ0) is 29.7. The number of rotatable bonds is 3. The highest BCUT2D eigenvalue weighted by atomic mass is 16.4. The zero-order valence-electron chi connectivity index (χ0n) is 22.3. The van der Waals surface area contributed by atoms with Crippen LogP contribution in [-0.4, -0.2) is 79.7 Å². The molecule has 0 spiro atoms. The summed E-state index contributed by atoms with van der Waals surface area (Å²) in [6.07, 6.45) is -1.65. The van der Waals surface area contributed by atoms with Crippen molar-refractivity contribution in [3.05, 3.63) is 76.3 Å². The first-order valence-electron chi connectivity index (χ1n) is 13.0. The number of fused-ring (bicyclic) bond motifs is 4. The van der Waals surface area contributed by atoms with Crippen LogP contribution in [0.2, 0.25) is 0 Å². The quantitative estimate of drug-likeness (QED) is 0.258. The summed E-state index contributed by atoms with van der Waals surface area (Å²) in [6.45, 7) is 1.68. The number of benzene rings is 2. The Morgan fingerprint density at radius 3 is 2.39 bits per heavy atom. The number of likely N-dealkylation sites (N-methyl/N-ethyl adjacent to an activating group) is 1. The van der Waals surface area contributed by atoms with Crippen LogP contribution in [0.4, 0.5) is 0 Å². The van der Waals surface area contributed by atoms with Gasteiger partial charge in [-0.25, -0.2) is 0 Å². The number of furan rings is 1. The van der Waals surface area contributed by atoms with E-state index in [9.17, 15) is 39.9 Å². The number of carbonyl (C=O) groups excluding carboxylic acids is 3. The van der Waals surface area contributed by atoms with Crippen LogP contribution < -0.4 is 5.73 Å². The van der Waals surface area contributed by atoms with Gasteiger partial charge in [0.25, 0.3) is 5.91 Å². The van der Waals surface area contributed by atoms with Crippen molar-refractivity contribution in [1.82, 2.24) is 4.90 Å². The average Bonchev–Trinajstić information content (AvgIpc) is 3.34. The van der Waals surface area contributed by atoms with E-state index < -0.39 is 81.4 Å². The van der Waals surface area contributed by atoms with E-state index in [1.807, 2.05) is 12.1 Å². The lowest BCUT2D eigenvalue weighted by Crippen LogP contribution is -2.68. The maximum atomic E-state index is 14.0. The third-order valence-corrected chi connectivity index (χ3v) is 8.82. The maximum Gasteiger partial charge on any atom is 0.255 e. The molecule has 11 nitrogen and oxygen atoms in total. The topological polar surface area (TPSA) is 195 Å². The second-order valence-electron chi connectivity index (χ2n) is 11.1. The Balaban J connectivity index is 1.57. The van der Waals surface area contributed by atoms with Gasteiger partial charge in [0.1, 0.15) is 34.2 Å². The number of para-hydroxylation sites is 1. The van der Waals surface area contributed by atoms with Crippen molar-refractivity contribution in [3.8, 4) is 17.1 Å². The van der Waals surface area contributed by atoms with Crippen molar-refractivity contribution in [2.75, 3.05) is 14.1 Å². The van der Waals surface area contributed by atoms with E-state index in [-0.39, 0.29) is 16.9 Å². The number of amides is 1. The van der Waals surface area contributed by atoms with Crippen molar-refractivity contribution in [2.24, 2.45) is 17.6 Å². The Kier molecular flexibility index (Phi) is 5.73. The largest absolute Gasteiger partial charge is 0.510 e. The van der Waals surface area contributed by atoms with Crippen molar-refractivity contribution in [3.63, 3.8) is 0 Å². The number of phenolic OH excluding ortho intramolecular Hbond substituents is 1. The molecular formula is C30H28N2O9. The normalized spacial score (nSPS) is 29.6. The minimum absolute atomic E-state index is 0.177. The van der Waals surface area contributed by atoms with Crippen LogP contribution in [0.15, 0.2) is 69.5 Å². The predicted octanol–water partition coefficient (Wildman–Crippen LogP) is 2.07. The van der Waals surface area contributed by atoms with Gasteiger partial charge < -0.3 is 35.7 Å². The molecule has 0 saturated carbocycles. The number of nitrogens with two attached hydrogens (primary N) is 1. The molecule has 11 heteroatoms. The molecule has 1 aromatic heterocycles. The molecule has 41 heavy (non-hydrogen) atoms. The van der Waals surface area contributed by atoms with Gasteiger partial charge in [-0.1, -0.05) is 31.2 Å². The van der Waals surface area contributed by atoms with Crippen LogP contribution in [0.5, 0.6) is 5.75 Å². The van der Waals surface area contributed by atoms with Gasteiger partial charge >= 0.3 is 0 Å². The average molecular weight is 561 g/mol. The van der Waals surface area contributed by atoms with Crippen molar-refractivity contribution >= 4 is 28.4 Å². The van der Waals surface area contributed by atoms with Gasteiger partial charge in [0.05, 0.1) is 29.2 Å². The van der Waals surface area contributed by atoms with E-state index in [2.05, 4.69) is 0 Å². The van der Waals surface area contributed by atoms with Crippen LogP contribution in [-0.2, 0) is 9.59 Å². The molecular weight excluding hydrogens is 532 g/mol. The first-order chi connectivity index (χ1) is 19.3. The molecule has 0 unspecified atom stereocenters. The molecule has 3 aliphatic carbocycles. The molecule has 6 atom stereocenters. The summed E-state index contributed by atoms with van der Waals surface area (Å²) in [5, 5.41) is 58.0. The fraction of sp³-hybridized carbons (Fsp3) is 0.300. The van der Waals surface area contributed by atoms with E-state index in [1.54, 1.807) is 37.3 Å². The van der Waals surface area contributed by atoms with Crippen molar-refractivity contribution in [2.45, 2.75) is 30.6 Å². The predicted molar refractivity (Wildman–Crippen MR) is 145 cm³/mol. The van der Waals surface area contributed by atoms with Crippen molar-refractivity contribution < 1.29 is 44.3 Å². The number of aromatic hydroxyl groups is 1. The second kappa shape index (κ2) is 8.77. The van der Waals surface area contributed by atoms with Gasteiger partial charge in [0.15, 0.2) is 11.4 Å². The minimum atomic E-state index is -2.96. The number of aliphatic hydroxyl groups is 4. The van der Waals surface area contributed by atoms with Gasteiger partial charge in [-0.05, 0) is 43.8 Å². The number of Topliss-reactive ketones (excluding diaryl/α,β-unsaturated/α-hetero) is 2. The van der Waals surface area contributed by atoms with Crippen LogP contribution in [0.25, 0.3) is 22.3 Å². The Morgan fingerprint density at radius 1 is 1.07 bits per heavy atom. The molecule has 0 fully saturated rings. The summed E-state index contributed by atoms with van der Waals surface area (Å²) in [6, 6.07) is 10.8. The molecule has 0 saturated heterocycles. The molecule has 3 aromatic rings. The molecule has 0 radical (unpaired) electrons. The first kappa shape index (κ1) is 26.8. The number of hydrogen-bond acceptors (Lipinski definition) is 10. The van der Waals surface area contributed by atoms with Gasteiger partial charge in [-0.15, -0.1) is 0 Å². The lowest BCUT2D eigenvalue weighted by Gasteiger charge is -2.53. The summed E-state index contributed by atoms with van der Waals surface area (Å²) in [5.41, 5.74) is 1.96. The first-order valence-corrected chi connectivity index (χ1v) is 13.0. The number of phenols is 1. The standard InChI is InChI=1S/C30H28N2O9/c1-11-13-8-9-14(16-10-12-6-4-5-7-15(12)41-16)23(33)18(13)24(34)19-17(11)25(35)21-22(32(2)3)26(36)20(29(31)39)28(38)30(21,40)27(19)37/h4-11,17,21-22,25,33,35-37,40H,1-3H3,(H2,31,39)/t11-,17-,21+,22-,25-,30-/m1/s1. The minimum Gasteiger partial charge on any atom is -0.510 e. The van der Waals surface area contributed by atoms with E-state index in [0.717, 1.165) is 5.39 Å². The van der Waals surface area contributed by atoms with Gasteiger partial charge in [-0.3, -0.25) is 19.3 Å². The lowest BCUT2D eigenvalue weighted by molar-refractivity contribution is -0.162. The van der Waals surface area contributed by atoms with E-state index >= 15 is 0 Å². The van der Waals surface area contributed by atoms with Gasteiger partial charge in [0.2, 0.25) is 5.78 Å². The van der Waals surface area contributed by atoms with E-state index in [1.165, 1.54) is 19.0 Å². The Hall–Kier alpha value is -4.45. The smallest absolute Gasteiger partial charge is 0.255 e. The zero-order valence-corrected chi connectivity index (χ0v) is 22.3. The summed E-state index contributed by atoms with van der Waals surface area (Å²) in [5.74, 6) is -9.03. The molecule has 3 aliphatic rings. The third kappa shape index (κ3) is 3.33. The molecule has 1 heterocycles. The fourth-order valence-electron chi connectivity index (χ4n) is 6.94. The number of ketones is 2. The molecule has 0 aliphatic heterocycles. The summed E-state index contributed by atoms with van der Waals surface area (Å²) in [7, 11) is 2.97. The summed E-state index contributed by atoms with van der Waals surface area (Å²) in [4.78, 5) is 41.1. The Morgan fingerprint density at radius 2 is 1.76 bits per heavy atom. The van der Waals surface area contributed by atoms with Gasteiger partial charge in [-0.2, -0.15) is 0 Å². The fourth-order valence-corrected chi connectivity index (χ4v) is 6.94. The van der Waals surface area contributed by atoms with Crippen LogP contribution in [0, 0.1) is 11.8 Å². The van der Waals surface area contributed by atoms with Crippen LogP contribution in [0.1, 0.15) is 28.8 Å². The molecule has 6 rings (SSSR count). The monoisotopic (exact) mass is 560 g/mol. The van der Waals surface area contributed by atoms with Crippen LogP contribution in [0.3, 0.4) is 0 Å². The molecule has 1 amide bonds. The van der Waals surface area contributed by atoms with E-state index in [0.29, 0.717) is 11.1 Å². The highest BCUT2D eigenvalue weighted by molar-refractivity contribution is 6.25. The Labute approximate surface area is 233 Å². The molecule has 0 bridgehead atoms. The number of aliphatic hydroxyl groups excluding tert-OH is 3. The van der Waals surface area contributed by atoms with E-state index in [4.69, 9.17) is 10.2 Å². The van der Waals surface area contributed by atoms with Crippen molar-refractivity contribution in [1.29, 1.82) is 0 Å². The highest BCUT2D eigenvalue weighted by Crippen LogP contribution is 2.56. The third-order valence-electron chi connectivity index (χ3n) is 8.82. The second-order valence-corrected chi connectivity index (χ2v) is 11.1. The lowest BCUT2D eigenvalue weighted by atomic mass is 9.55. The number of nitrogens with zero attached hydrogens (tertiary/aromatic N) is 1. The van der Waals surface area contributed by atoms with Crippen LogP contribution >= 0.6 is 0 Å². The Bertz CT molecular complexity index is 1720. The number of carbonyl (C=O) groups is 3. The maximum absolute atomic E-state index is 14.0. The number of primary amides is 1. The number of hydrogen-bond donors (Lipinski definition) is 6. The molecule has 2 aromatic carbocycles.